The second-order valence-electron chi connectivity index (χ2n) is 4.23. The van der Waals surface area contributed by atoms with Crippen LogP contribution in [-0.4, -0.2) is 39.0 Å². The number of nitrogen functional groups attached to an aromatic ring is 1. The van der Waals surface area contributed by atoms with Gasteiger partial charge in [-0.15, -0.1) is 0 Å². The topological polar surface area (TPSA) is 72.6 Å². The Morgan fingerprint density at radius 3 is 2.83 bits per heavy atom. The first-order valence-electron chi connectivity index (χ1n) is 5.53. The summed E-state index contributed by atoms with van der Waals surface area (Å²) in [6.07, 6.45) is 0.718. The molecule has 1 atom stereocenters. The first-order chi connectivity index (χ1) is 8.43. The second-order valence-corrected chi connectivity index (χ2v) is 7.05. The van der Waals surface area contributed by atoms with Crippen LogP contribution in [0.2, 0.25) is 0 Å². The summed E-state index contributed by atoms with van der Waals surface area (Å²) in [7, 11) is -1.98. The Hall–Kier alpha value is -0.630. The molecule has 100 valence electrons. The molecule has 1 unspecified atom stereocenters. The lowest BCUT2D eigenvalue weighted by Gasteiger charge is -2.23. The van der Waals surface area contributed by atoms with Crippen molar-refractivity contribution in [3.05, 3.63) is 22.7 Å². The monoisotopic (exact) mass is 334 g/mol. The number of nitrogens with zero attached hydrogens (tertiary/aromatic N) is 1. The van der Waals surface area contributed by atoms with Crippen molar-refractivity contribution in [2.24, 2.45) is 0 Å². The minimum atomic E-state index is -3.55. The molecule has 1 aromatic rings. The Kier molecular flexibility index (Phi) is 3.96. The second kappa shape index (κ2) is 5.16. The van der Waals surface area contributed by atoms with Crippen LogP contribution >= 0.6 is 15.9 Å². The molecular weight excluding hydrogens is 320 g/mol. The zero-order chi connectivity index (χ0) is 13.3. The SMILES string of the molecule is CN(C1CCOC1)S(=O)(=O)c1cc(N)ccc1Br. The van der Waals surface area contributed by atoms with E-state index in [4.69, 9.17) is 10.5 Å². The molecule has 1 fully saturated rings. The minimum absolute atomic E-state index is 0.108. The Bertz CT molecular complexity index is 541. The fourth-order valence-electron chi connectivity index (χ4n) is 1.88. The molecular formula is C11H15BrN2O3S. The van der Waals surface area contributed by atoms with Crippen LogP contribution in [0.15, 0.2) is 27.6 Å². The van der Waals surface area contributed by atoms with Gasteiger partial charge in [-0.25, -0.2) is 8.42 Å². The summed E-state index contributed by atoms with van der Waals surface area (Å²) < 4.78 is 32.1. The average Bonchev–Trinajstić information content (AvgIpc) is 2.84. The first-order valence-corrected chi connectivity index (χ1v) is 7.77. The van der Waals surface area contributed by atoms with Gasteiger partial charge in [0.25, 0.3) is 0 Å². The molecule has 0 aliphatic carbocycles. The molecule has 0 spiro atoms. The molecule has 1 saturated heterocycles. The van der Waals surface area contributed by atoms with Crippen LogP contribution in [0.3, 0.4) is 0 Å². The van der Waals surface area contributed by atoms with Gasteiger partial charge in [0, 0.05) is 23.8 Å². The predicted molar refractivity (Wildman–Crippen MR) is 72.7 cm³/mol. The Morgan fingerprint density at radius 2 is 2.22 bits per heavy atom. The molecule has 0 amide bonds. The van der Waals surface area contributed by atoms with Crippen LogP contribution in [0.1, 0.15) is 6.42 Å². The molecule has 5 nitrogen and oxygen atoms in total. The van der Waals surface area contributed by atoms with Gasteiger partial charge in [-0.1, -0.05) is 0 Å². The first kappa shape index (κ1) is 13.8. The van der Waals surface area contributed by atoms with Crippen LogP contribution in [0.4, 0.5) is 5.69 Å². The van der Waals surface area contributed by atoms with Crippen molar-refractivity contribution in [1.29, 1.82) is 0 Å². The lowest BCUT2D eigenvalue weighted by molar-refractivity contribution is 0.181. The van der Waals surface area contributed by atoms with E-state index in [1.807, 2.05) is 0 Å². The summed E-state index contributed by atoms with van der Waals surface area (Å²) in [5, 5.41) is 0. The smallest absolute Gasteiger partial charge is 0.244 e. The highest BCUT2D eigenvalue weighted by atomic mass is 79.9. The van der Waals surface area contributed by atoms with Crippen molar-refractivity contribution in [3.8, 4) is 0 Å². The molecule has 2 N–H and O–H groups in total. The summed E-state index contributed by atoms with van der Waals surface area (Å²) in [4.78, 5) is 0.192. The van der Waals surface area contributed by atoms with Crippen LogP contribution in [0.25, 0.3) is 0 Å². The number of sulfonamides is 1. The molecule has 0 saturated carbocycles. The molecule has 1 heterocycles. The number of hydrogen-bond donors (Lipinski definition) is 1. The lowest BCUT2D eigenvalue weighted by atomic mass is 10.3. The van der Waals surface area contributed by atoms with Crippen LogP contribution in [0.5, 0.6) is 0 Å². The molecule has 0 aromatic heterocycles. The number of likely N-dealkylation sites (N-methyl/N-ethyl adjacent to an activating group) is 1. The third-order valence-electron chi connectivity index (χ3n) is 3.03. The molecule has 1 aromatic carbocycles. The van der Waals surface area contributed by atoms with E-state index in [1.165, 1.54) is 10.4 Å². The number of ether oxygens (including phenoxy) is 1. The van der Waals surface area contributed by atoms with E-state index in [9.17, 15) is 8.42 Å². The Labute approximate surface area is 115 Å². The minimum Gasteiger partial charge on any atom is -0.399 e. The van der Waals surface area contributed by atoms with Gasteiger partial charge in [-0.2, -0.15) is 4.31 Å². The molecule has 2 rings (SSSR count). The highest BCUT2D eigenvalue weighted by Gasteiger charge is 2.31. The summed E-state index contributed by atoms with van der Waals surface area (Å²) in [6, 6.07) is 4.65. The van der Waals surface area contributed by atoms with Crippen molar-refractivity contribution in [2.75, 3.05) is 26.0 Å². The molecule has 7 heteroatoms. The summed E-state index contributed by atoms with van der Waals surface area (Å²) >= 11 is 3.25. The van der Waals surface area contributed by atoms with Crippen LogP contribution in [-0.2, 0) is 14.8 Å². The number of halogens is 1. The number of hydrogen-bond acceptors (Lipinski definition) is 4. The summed E-state index contributed by atoms with van der Waals surface area (Å²) in [5.41, 5.74) is 6.07. The third-order valence-corrected chi connectivity index (χ3v) is 5.94. The third kappa shape index (κ3) is 2.54. The number of anilines is 1. The van der Waals surface area contributed by atoms with Crippen molar-refractivity contribution >= 4 is 31.6 Å². The van der Waals surface area contributed by atoms with E-state index in [-0.39, 0.29) is 10.9 Å². The molecule has 0 radical (unpaired) electrons. The van der Waals surface area contributed by atoms with Crippen molar-refractivity contribution < 1.29 is 13.2 Å². The zero-order valence-electron chi connectivity index (χ0n) is 9.97. The largest absolute Gasteiger partial charge is 0.399 e. The lowest BCUT2D eigenvalue weighted by Crippen LogP contribution is -2.37. The van der Waals surface area contributed by atoms with Gasteiger partial charge in [0.2, 0.25) is 10.0 Å². The highest BCUT2D eigenvalue weighted by Crippen LogP contribution is 2.28. The highest BCUT2D eigenvalue weighted by molar-refractivity contribution is 9.10. The van der Waals surface area contributed by atoms with Crippen molar-refractivity contribution in [2.45, 2.75) is 17.4 Å². The van der Waals surface area contributed by atoms with Gasteiger partial charge >= 0.3 is 0 Å². The van der Waals surface area contributed by atoms with E-state index in [1.54, 1.807) is 19.2 Å². The maximum Gasteiger partial charge on any atom is 0.244 e. The molecule has 18 heavy (non-hydrogen) atoms. The molecule has 1 aliphatic heterocycles. The normalized spacial score (nSPS) is 20.5. The number of benzene rings is 1. The standard InChI is InChI=1S/C11H15BrN2O3S/c1-14(9-4-5-17-7-9)18(15,16)11-6-8(13)2-3-10(11)12/h2-3,6,9H,4-5,7,13H2,1H3. The van der Waals surface area contributed by atoms with Gasteiger partial charge in [-0.3, -0.25) is 0 Å². The van der Waals surface area contributed by atoms with Crippen LogP contribution < -0.4 is 5.73 Å². The van der Waals surface area contributed by atoms with Gasteiger partial charge in [0.05, 0.1) is 17.5 Å². The number of nitrogens with two attached hydrogens (primary N) is 1. The maximum atomic E-state index is 12.5. The van der Waals surface area contributed by atoms with Crippen molar-refractivity contribution in [3.63, 3.8) is 0 Å². The maximum absolute atomic E-state index is 12.5. The van der Waals surface area contributed by atoms with Crippen LogP contribution in [0, 0.1) is 0 Å². The summed E-state index contributed by atoms with van der Waals surface area (Å²) in [6.45, 7) is 1.04. The predicted octanol–water partition coefficient (Wildman–Crippen LogP) is 1.44. The van der Waals surface area contributed by atoms with E-state index >= 15 is 0 Å². The van der Waals surface area contributed by atoms with Gasteiger partial charge in [-0.05, 0) is 40.5 Å². The quantitative estimate of drug-likeness (QED) is 0.849. The average molecular weight is 335 g/mol. The van der Waals surface area contributed by atoms with E-state index in [0.717, 1.165) is 6.42 Å². The van der Waals surface area contributed by atoms with E-state index in [0.29, 0.717) is 23.4 Å². The fraction of sp³-hybridized carbons (Fsp3) is 0.455. The fourth-order valence-corrected chi connectivity index (χ4v) is 4.21. The zero-order valence-corrected chi connectivity index (χ0v) is 12.4. The Morgan fingerprint density at radius 1 is 1.50 bits per heavy atom. The van der Waals surface area contributed by atoms with Gasteiger partial charge < -0.3 is 10.5 Å². The Balaban J connectivity index is 2.37. The van der Waals surface area contributed by atoms with Gasteiger partial charge in [0.1, 0.15) is 0 Å². The molecule has 0 bridgehead atoms. The van der Waals surface area contributed by atoms with E-state index < -0.39 is 10.0 Å². The van der Waals surface area contributed by atoms with Crippen molar-refractivity contribution in [1.82, 2.24) is 4.31 Å². The number of rotatable bonds is 3. The van der Waals surface area contributed by atoms with Gasteiger partial charge in [0.15, 0.2) is 0 Å². The summed E-state index contributed by atoms with van der Waals surface area (Å²) in [5.74, 6) is 0. The molecule has 1 aliphatic rings. The van der Waals surface area contributed by atoms with E-state index in [2.05, 4.69) is 15.9 Å².